The summed E-state index contributed by atoms with van der Waals surface area (Å²) in [6, 6.07) is 8.45. The quantitative estimate of drug-likeness (QED) is 0.726. The molecule has 2 N–H and O–H groups in total. The third-order valence-electron chi connectivity index (χ3n) is 3.91. The summed E-state index contributed by atoms with van der Waals surface area (Å²) < 4.78 is 0. The maximum atomic E-state index is 11.8. The van der Waals surface area contributed by atoms with Gasteiger partial charge in [-0.25, -0.2) is 4.98 Å². The first-order valence-electron chi connectivity index (χ1n) is 8.95. The number of carbonyl (C=O) groups excluding carboxylic acids is 2. The third-order valence-corrected chi connectivity index (χ3v) is 4.67. The van der Waals surface area contributed by atoms with Gasteiger partial charge in [0.05, 0.1) is 5.69 Å². The first kappa shape index (κ1) is 20.1. The normalized spacial score (nSPS) is 12.0. The standard InChI is InChI=1S/C20H27N3O2S/c1-13(2)11-19(25)23-20-22-18(12-26-20)17-9-7-16(8-10-17)6-5-14(3)21-15(4)24/h7-10,12-14H,5-6,11H2,1-4H3,(H,21,24)(H,22,23,25)/t14-/m1/s1. The van der Waals surface area contributed by atoms with Crippen LogP contribution in [0.3, 0.4) is 0 Å². The van der Waals surface area contributed by atoms with Gasteiger partial charge in [0.15, 0.2) is 5.13 Å². The van der Waals surface area contributed by atoms with Crippen molar-refractivity contribution >= 4 is 28.3 Å². The molecule has 5 nitrogen and oxygen atoms in total. The zero-order valence-corrected chi connectivity index (χ0v) is 16.7. The highest BCUT2D eigenvalue weighted by Gasteiger charge is 2.10. The average molecular weight is 374 g/mol. The molecule has 0 spiro atoms. The summed E-state index contributed by atoms with van der Waals surface area (Å²) in [6.45, 7) is 7.59. The minimum absolute atomic E-state index is 0.00420. The zero-order chi connectivity index (χ0) is 19.1. The minimum Gasteiger partial charge on any atom is -0.354 e. The number of aromatic nitrogens is 1. The van der Waals surface area contributed by atoms with Crippen LogP contribution in [0.2, 0.25) is 0 Å². The van der Waals surface area contributed by atoms with E-state index < -0.39 is 0 Å². The van der Waals surface area contributed by atoms with Crippen LogP contribution in [0.5, 0.6) is 0 Å². The molecule has 2 rings (SSSR count). The van der Waals surface area contributed by atoms with E-state index in [-0.39, 0.29) is 17.9 Å². The SMILES string of the molecule is CC(=O)N[C@H](C)CCc1ccc(-c2csc(NC(=O)CC(C)C)n2)cc1. The summed E-state index contributed by atoms with van der Waals surface area (Å²) in [7, 11) is 0. The molecule has 0 aliphatic heterocycles. The molecule has 6 heteroatoms. The second-order valence-electron chi connectivity index (χ2n) is 7.02. The van der Waals surface area contributed by atoms with Crippen molar-refractivity contribution in [1.82, 2.24) is 10.3 Å². The van der Waals surface area contributed by atoms with E-state index >= 15 is 0 Å². The second kappa shape index (κ2) is 9.48. The first-order chi connectivity index (χ1) is 12.3. The Labute approximate surface area is 159 Å². The molecule has 0 saturated carbocycles. The van der Waals surface area contributed by atoms with Gasteiger partial charge in [0.25, 0.3) is 0 Å². The first-order valence-corrected chi connectivity index (χ1v) is 9.83. The van der Waals surface area contributed by atoms with Crippen LogP contribution in [-0.4, -0.2) is 22.8 Å². The summed E-state index contributed by atoms with van der Waals surface area (Å²) >= 11 is 1.44. The van der Waals surface area contributed by atoms with Crippen molar-refractivity contribution in [2.75, 3.05) is 5.32 Å². The van der Waals surface area contributed by atoms with Crippen molar-refractivity contribution in [3.05, 3.63) is 35.2 Å². The molecule has 0 radical (unpaired) electrons. The molecule has 0 bridgehead atoms. The molecule has 0 unspecified atom stereocenters. The van der Waals surface area contributed by atoms with E-state index in [1.807, 2.05) is 38.3 Å². The van der Waals surface area contributed by atoms with Gasteiger partial charge < -0.3 is 10.6 Å². The molecule has 2 aromatic rings. The Kier molecular flexibility index (Phi) is 7.33. The molecule has 0 saturated heterocycles. The molecule has 26 heavy (non-hydrogen) atoms. The van der Waals surface area contributed by atoms with E-state index in [0.29, 0.717) is 17.5 Å². The second-order valence-corrected chi connectivity index (χ2v) is 7.88. The highest BCUT2D eigenvalue weighted by Crippen LogP contribution is 2.25. The molecule has 1 atom stereocenters. The van der Waals surface area contributed by atoms with Crippen LogP contribution in [0.15, 0.2) is 29.6 Å². The Morgan fingerprint density at radius 1 is 1.15 bits per heavy atom. The predicted molar refractivity (Wildman–Crippen MR) is 107 cm³/mol. The largest absolute Gasteiger partial charge is 0.354 e. The Bertz CT molecular complexity index is 738. The topological polar surface area (TPSA) is 71.1 Å². The van der Waals surface area contributed by atoms with Gasteiger partial charge in [0.2, 0.25) is 11.8 Å². The number of nitrogens with zero attached hydrogens (tertiary/aromatic N) is 1. The van der Waals surface area contributed by atoms with Crippen molar-refractivity contribution in [3.8, 4) is 11.3 Å². The molecule has 1 aromatic heterocycles. The summed E-state index contributed by atoms with van der Waals surface area (Å²) in [6.07, 6.45) is 2.32. The van der Waals surface area contributed by atoms with Crippen LogP contribution in [-0.2, 0) is 16.0 Å². The summed E-state index contributed by atoms with van der Waals surface area (Å²) in [4.78, 5) is 27.4. The van der Waals surface area contributed by atoms with Crippen LogP contribution < -0.4 is 10.6 Å². The Morgan fingerprint density at radius 2 is 1.85 bits per heavy atom. The van der Waals surface area contributed by atoms with Crippen LogP contribution in [0.4, 0.5) is 5.13 Å². The van der Waals surface area contributed by atoms with Gasteiger partial charge in [-0.15, -0.1) is 11.3 Å². The van der Waals surface area contributed by atoms with Crippen LogP contribution in [0.1, 0.15) is 46.1 Å². The van der Waals surface area contributed by atoms with E-state index in [4.69, 9.17) is 0 Å². The number of amides is 2. The molecule has 0 aliphatic rings. The number of carbonyl (C=O) groups is 2. The van der Waals surface area contributed by atoms with Crippen molar-refractivity contribution in [2.45, 2.75) is 53.0 Å². The van der Waals surface area contributed by atoms with Gasteiger partial charge in [0.1, 0.15) is 0 Å². The van der Waals surface area contributed by atoms with Crippen LogP contribution >= 0.6 is 11.3 Å². The lowest BCUT2D eigenvalue weighted by Gasteiger charge is -2.12. The highest BCUT2D eigenvalue weighted by molar-refractivity contribution is 7.14. The number of thiazole rings is 1. The smallest absolute Gasteiger partial charge is 0.226 e. The molecule has 0 aliphatic carbocycles. The van der Waals surface area contributed by atoms with Crippen molar-refractivity contribution < 1.29 is 9.59 Å². The lowest BCUT2D eigenvalue weighted by atomic mass is 10.0. The lowest BCUT2D eigenvalue weighted by Crippen LogP contribution is -2.30. The van der Waals surface area contributed by atoms with Gasteiger partial charge >= 0.3 is 0 Å². The van der Waals surface area contributed by atoms with E-state index in [1.54, 1.807) is 6.92 Å². The van der Waals surface area contributed by atoms with Gasteiger partial charge in [-0.3, -0.25) is 9.59 Å². The number of hydrogen-bond donors (Lipinski definition) is 2. The van der Waals surface area contributed by atoms with E-state index in [9.17, 15) is 9.59 Å². The number of anilines is 1. The van der Waals surface area contributed by atoms with Crippen molar-refractivity contribution in [1.29, 1.82) is 0 Å². The fourth-order valence-corrected chi connectivity index (χ4v) is 3.39. The van der Waals surface area contributed by atoms with Crippen molar-refractivity contribution in [2.24, 2.45) is 5.92 Å². The molecule has 0 fully saturated rings. The van der Waals surface area contributed by atoms with Crippen LogP contribution in [0, 0.1) is 5.92 Å². The maximum absolute atomic E-state index is 11.8. The number of rotatable bonds is 8. The molecular weight excluding hydrogens is 346 g/mol. The molecule has 1 aromatic carbocycles. The highest BCUT2D eigenvalue weighted by atomic mass is 32.1. The van der Waals surface area contributed by atoms with E-state index in [1.165, 1.54) is 16.9 Å². The van der Waals surface area contributed by atoms with Gasteiger partial charge in [-0.05, 0) is 31.2 Å². The molecular formula is C20H27N3O2S. The summed E-state index contributed by atoms with van der Waals surface area (Å²) in [5.41, 5.74) is 3.13. The average Bonchev–Trinajstić information content (AvgIpc) is 3.00. The fraction of sp³-hybridized carbons (Fsp3) is 0.450. The molecule has 2 amide bonds. The third kappa shape index (κ3) is 6.59. The number of nitrogens with one attached hydrogen (secondary N) is 2. The predicted octanol–water partition coefficient (Wildman–Crippen LogP) is 4.25. The zero-order valence-electron chi connectivity index (χ0n) is 15.8. The number of hydrogen-bond acceptors (Lipinski definition) is 4. The van der Waals surface area contributed by atoms with Crippen LogP contribution in [0.25, 0.3) is 11.3 Å². The van der Waals surface area contributed by atoms with Gasteiger partial charge in [-0.2, -0.15) is 0 Å². The monoisotopic (exact) mass is 373 g/mol. The Hall–Kier alpha value is -2.21. The Balaban J connectivity index is 1.92. The van der Waals surface area contributed by atoms with Crippen molar-refractivity contribution in [3.63, 3.8) is 0 Å². The number of aryl methyl sites for hydroxylation is 1. The number of benzene rings is 1. The summed E-state index contributed by atoms with van der Waals surface area (Å²) in [5.74, 6) is 0.340. The minimum atomic E-state index is 0.00420. The maximum Gasteiger partial charge on any atom is 0.226 e. The molecule has 140 valence electrons. The Morgan fingerprint density at radius 3 is 2.46 bits per heavy atom. The van der Waals surface area contributed by atoms with Gasteiger partial charge in [-0.1, -0.05) is 38.1 Å². The van der Waals surface area contributed by atoms with E-state index in [2.05, 4.69) is 27.8 Å². The molecule has 1 heterocycles. The van der Waals surface area contributed by atoms with E-state index in [0.717, 1.165) is 24.1 Å². The summed E-state index contributed by atoms with van der Waals surface area (Å²) in [5, 5.41) is 8.35. The lowest BCUT2D eigenvalue weighted by molar-refractivity contribution is -0.119. The fourth-order valence-electron chi connectivity index (χ4n) is 2.65. The van der Waals surface area contributed by atoms with Gasteiger partial charge in [0, 0.05) is 30.3 Å².